The summed E-state index contributed by atoms with van der Waals surface area (Å²) in [6.07, 6.45) is 1.53. The Balaban J connectivity index is 1.90. The minimum absolute atomic E-state index is 0.00784. The lowest BCUT2D eigenvalue weighted by Gasteiger charge is -2.08. The summed E-state index contributed by atoms with van der Waals surface area (Å²) in [4.78, 5) is 44.2. The van der Waals surface area contributed by atoms with Crippen LogP contribution in [-0.4, -0.2) is 21.7 Å². The van der Waals surface area contributed by atoms with Gasteiger partial charge in [0.15, 0.2) is 5.78 Å². The molecule has 1 heterocycles. The second kappa shape index (κ2) is 7.97. The highest BCUT2D eigenvalue weighted by molar-refractivity contribution is 6.32. The highest BCUT2D eigenvalue weighted by Gasteiger charge is 2.19. The fourth-order valence-corrected chi connectivity index (χ4v) is 3.08. The van der Waals surface area contributed by atoms with Crippen molar-refractivity contribution in [2.45, 2.75) is 0 Å². The maximum absolute atomic E-state index is 13.2. The van der Waals surface area contributed by atoms with Crippen molar-refractivity contribution in [3.8, 4) is 0 Å². The maximum Gasteiger partial charge on any atom is 0.275 e. The highest BCUT2D eigenvalue weighted by atomic mass is 16.4. The number of hydrogen-bond acceptors (Lipinski definition) is 5. The number of Topliss-reactive ketones (excluding diaryl/α,β-unsaturated/α-hetero) is 1. The summed E-state index contributed by atoms with van der Waals surface area (Å²) in [5.74, 6) is -1.66. The van der Waals surface area contributed by atoms with E-state index in [1.807, 2.05) is 0 Å². The van der Waals surface area contributed by atoms with Crippen LogP contribution in [0.5, 0.6) is 0 Å². The van der Waals surface area contributed by atoms with Crippen LogP contribution in [0.15, 0.2) is 83.7 Å². The van der Waals surface area contributed by atoms with E-state index in [2.05, 4.69) is 9.97 Å². The smallest absolute Gasteiger partial charge is 0.275 e. The number of nitrogens with one attached hydrogen (secondary N) is 1. The Morgan fingerprint density at radius 3 is 2.20 bits per heavy atom. The minimum atomic E-state index is -1.29. The lowest BCUT2D eigenvalue weighted by Crippen LogP contribution is -2.21. The topological polar surface area (TPSA) is 103 Å². The lowest BCUT2D eigenvalue weighted by molar-refractivity contribution is -0.255. The fourth-order valence-electron chi connectivity index (χ4n) is 3.08. The van der Waals surface area contributed by atoms with Gasteiger partial charge in [-0.05, 0) is 29.3 Å². The number of ketones is 1. The van der Waals surface area contributed by atoms with Gasteiger partial charge in [0.05, 0.1) is 22.6 Å². The van der Waals surface area contributed by atoms with Crippen LogP contribution in [-0.2, 0) is 0 Å². The number of carbonyl (C=O) groups excluding carboxylic acids is 2. The van der Waals surface area contributed by atoms with Crippen molar-refractivity contribution in [1.29, 1.82) is 0 Å². The van der Waals surface area contributed by atoms with E-state index >= 15 is 0 Å². The van der Waals surface area contributed by atoms with Crippen molar-refractivity contribution in [2.75, 3.05) is 0 Å². The third-order valence-electron chi connectivity index (χ3n) is 4.59. The molecule has 4 aromatic rings. The van der Waals surface area contributed by atoms with Gasteiger partial charge in [-0.15, -0.1) is 0 Å². The number of carboxylic acids is 1. The molecule has 0 bridgehead atoms. The molecule has 0 aliphatic rings. The molecule has 0 atom stereocenters. The zero-order chi connectivity index (χ0) is 21.1. The molecule has 0 unspecified atom stereocenters. The Morgan fingerprint density at radius 2 is 1.50 bits per heavy atom. The molecule has 6 nitrogen and oxygen atoms in total. The number of carbonyl (C=O) groups is 2. The number of hydrogen-bond donors (Lipinski definition) is 1. The standard InChI is InChI=1S/C24H16N2O4/c27-22(16-6-2-1-3-7-16)18(14-15-10-12-17(13-11-15)24(29)30)21-23(28)26-20-9-5-4-8-19(20)25-21/h1-14H,(H,26,28)(H,29,30)/p-1/b18-14+. The zero-order valence-electron chi connectivity index (χ0n) is 15.7. The van der Waals surface area contributed by atoms with Crippen LogP contribution in [0.2, 0.25) is 0 Å². The number of rotatable bonds is 5. The molecule has 1 aromatic heterocycles. The molecule has 4 rings (SSSR count). The molecule has 1 N–H and O–H groups in total. The van der Waals surface area contributed by atoms with Gasteiger partial charge in [0.2, 0.25) is 0 Å². The van der Waals surface area contributed by atoms with Crippen LogP contribution < -0.4 is 10.7 Å². The number of aromatic nitrogens is 2. The molecule has 0 fully saturated rings. The molecule has 3 aromatic carbocycles. The zero-order valence-corrected chi connectivity index (χ0v) is 15.7. The fraction of sp³-hybridized carbons (Fsp3) is 0. The molecule has 30 heavy (non-hydrogen) atoms. The van der Waals surface area contributed by atoms with Crippen LogP contribution in [0.25, 0.3) is 22.7 Å². The maximum atomic E-state index is 13.2. The predicted octanol–water partition coefficient (Wildman–Crippen LogP) is 2.71. The van der Waals surface area contributed by atoms with E-state index in [1.54, 1.807) is 66.7 Å². The summed E-state index contributed by atoms with van der Waals surface area (Å²) in [5.41, 5.74) is 1.70. The second-order valence-electron chi connectivity index (χ2n) is 6.59. The Bertz CT molecular complexity index is 1340. The van der Waals surface area contributed by atoms with Crippen molar-refractivity contribution in [1.82, 2.24) is 9.97 Å². The predicted molar refractivity (Wildman–Crippen MR) is 112 cm³/mol. The first-order valence-corrected chi connectivity index (χ1v) is 9.15. The molecular weight excluding hydrogens is 380 g/mol. The van der Waals surface area contributed by atoms with Crippen molar-refractivity contribution < 1.29 is 14.7 Å². The summed E-state index contributed by atoms with van der Waals surface area (Å²) in [6, 6.07) is 21.5. The van der Waals surface area contributed by atoms with Crippen molar-refractivity contribution in [3.05, 3.63) is 112 Å². The lowest BCUT2D eigenvalue weighted by atomic mass is 9.98. The quantitative estimate of drug-likeness (QED) is 0.413. The Hall–Kier alpha value is -4.32. The largest absolute Gasteiger partial charge is 0.545 e. The average Bonchev–Trinajstić information content (AvgIpc) is 2.77. The number of benzene rings is 3. The van der Waals surface area contributed by atoms with E-state index < -0.39 is 11.5 Å². The van der Waals surface area contributed by atoms with Gasteiger partial charge in [0, 0.05) is 5.56 Å². The van der Waals surface area contributed by atoms with Gasteiger partial charge in [0.1, 0.15) is 5.69 Å². The highest BCUT2D eigenvalue weighted by Crippen LogP contribution is 2.21. The first-order valence-electron chi connectivity index (χ1n) is 9.15. The van der Waals surface area contributed by atoms with Gasteiger partial charge in [-0.2, -0.15) is 0 Å². The molecule has 0 amide bonds. The van der Waals surface area contributed by atoms with E-state index in [9.17, 15) is 19.5 Å². The molecular formula is C24H15N2O4-. The Morgan fingerprint density at radius 1 is 0.833 bits per heavy atom. The summed E-state index contributed by atoms with van der Waals surface area (Å²) >= 11 is 0. The molecule has 146 valence electrons. The van der Waals surface area contributed by atoms with Crippen molar-refractivity contribution >= 4 is 34.4 Å². The van der Waals surface area contributed by atoms with Gasteiger partial charge in [-0.3, -0.25) is 9.59 Å². The number of para-hydroxylation sites is 2. The van der Waals surface area contributed by atoms with Gasteiger partial charge < -0.3 is 14.9 Å². The third kappa shape index (κ3) is 3.79. The molecule has 0 radical (unpaired) electrons. The van der Waals surface area contributed by atoms with Gasteiger partial charge in [0.25, 0.3) is 5.56 Å². The van der Waals surface area contributed by atoms with Crippen LogP contribution >= 0.6 is 0 Å². The van der Waals surface area contributed by atoms with E-state index in [0.717, 1.165) is 0 Å². The summed E-state index contributed by atoms with van der Waals surface area (Å²) in [5, 5.41) is 11.0. The normalized spacial score (nSPS) is 11.4. The summed E-state index contributed by atoms with van der Waals surface area (Å²) < 4.78 is 0. The SMILES string of the molecule is O=C([O-])c1ccc(/C=C(/C(=O)c2ccccc2)c2nc3ccccc3[nH]c2=O)cc1. The van der Waals surface area contributed by atoms with E-state index in [1.165, 1.54) is 18.2 Å². The van der Waals surface area contributed by atoms with Gasteiger partial charge >= 0.3 is 0 Å². The first-order chi connectivity index (χ1) is 14.5. The number of aromatic amines is 1. The Labute approximate surface area is 171 Å². The Kier molecular flexibility index (Phi) is 5.05. The van der Waals surface area contributed by atoms with Gasteiger partial charge in [-0.25, -0.2) is 4.98 Å². The van der Waals surface area contributed by atoms with Crippen LogP contribution in [0.1, 0.15) is 32.0 Å². The number of fused-ring (bicyclic) bond motifs is 1. The minimum Gasteiger partial charge on any atom is -0.545 e. The average molecular weight is 395 g/mol. The van der Waals surface area contributed by atoms with E-state index in [0.29, 0.717) is 22.2 Å². The number of nitrogens with zero attached hydrogens (tertiary/aromatic N) is 1. The molecule has 6 heteroatoms. The summed E-state index contributed by atoms with van der Waals surface area (Å²) in [6.45, 7) is 0. The van der Waals surface area contributed by atoms with Crippen molar-refractivity contribution in [2.24, 2.45) is 0 Å². The molecule has 0 spiro atoms. The van der Waals surface area contributed by atoms with Crippen LogP contribution in [0, 0.1) is 0 Å². The monoisotopic (exact) mass is 395 g/mol. The van der Waals surface area contributed by atoms with Crippen LogP contribution in [0.3, 0.4) is 0 Å². The van der Waals surface area contributed by atoms with E-state index in [4.69, 9.17) is 0 Å². The molecule has 0 aliphatic carbocycles. The number of allylic oxidation sites excluding steroid dienone is 1. The molecule has 0 saturated heterocycles. The number of H-pyrrole nitrogens is 1. The van der Waals surface area contributed by atoms with Gasteiger partial charge in [-0.1, -0.05) is 66.7 Å². The number of aromatic carboxylic acids is 1. The first kappa shape index (κ1) is 19.0. The number of carboxylic acid groups (broad SMARTS) is 1. The van der Waals surface area contributed by atoms with E-state index in [-0.39, 0.29) is 22.6 Å². The third-order valence-corrected chi connectivity index (χ3v) is 4.59. The summed E-state index contributed by atoms with van der Waals surface area (Å²) in [7, 11) is 0. The van der Waals surface area contributed by atoms with Crippen LogP contribution in [0.4, 0.5) is 0 Å². The second-order valence-corrected chi connectivity index (χ2v) is 6.59. The van der Waals surface area contributed by atoms with Crippen molar-refractivity contribution in [3.63, 3.8) is 0 Å². The molecule has 0 aliphatic heterocycles. The molecule has 0 saturated carbocycles.